The topological polar surface area (TPSA) is 79.1 Å². The summed E-state index contributed by atoms with van der Waals surface area (Å²) in [6, 6.07) is 21.6. The van der Waals surface area contributed by atoms with Crippen LogP contribution in [0.25, 0.3) is 33.6 Å². The van der Waals surface area contributed by atoms with E-state index in [0.29, 0.717) is 17.8 Å². The van der Waals surface area contributed by atoms with Gasteiger partial charge in [0.25, 0.3) is 0 Å². The summed E-state index contributed by atoms with van der Waals surface area (Å²) in [5.74, 6) is 0.749. The maximum Gasteiger partial charge on any atom is 0.162 e. The van der Waals surface area contributed by atoms with Crippen LogP contribution in [-0.2, 0) is 6.42 Å². The lowest BCUT2D eigenvalue weighted by Crippen LogP contribution is -2.03. The van der Waals surface area contributed by atoms with Gasteiger partial charge in [0.1, 0.15) is 18.4 Å². The Balaban J connectivity index is 1.85. The molecular weight excluding hydrogens is 362 g/mol. The fourth-order valence-corrected chi connectivity index (χ4v) is 3.39. The van der Waals surface area contributed by atoms with E-state index in [4.69, 9.17) is 0 Å². The first-order chi connectivity index (χ1) is 14.1. The largest absolute Gasteiger partial charge is 0.507 e. The summed E-state index contributed by atoms with van der Waals surface area (Å²) < 4.78 is 0. The Morgan fingerprint density at radius 2 is 1.48 bits per heavy atom. The molecule has 29 heavy (non-hydrogen) atoms. The molecule has 144 valence electrons. The van der Waals surface area contributed by atoms with Gasteiger partial charge in [-0.1, -0.05) is 42.5 Å². The molecule has 0 aliphatic rings. The predicted octanol–water partition coefficient (Wildman–Crippen LogP) is 4.50. The third kappa shape index (κ3) is 4.31. The zero-order chi connectivity index (χ0) is 20.2. The number of benzene rings is 3. The molecule has 1 atom stereocenters. The van der Waals surface area contributed by atoms with Crippen LogP contribution in [0.4, 0.5) is 0 Å². The second kappa shape index (κ2) is 8.20. The van der Waals surface area contributed by atoms with Crippen molar-refractivity contribution in [2.45, 2.75) is 19.4 Å². The molecule has 0 aliphatic carbocycles. The lowest BCUT2D eigenvalue weighted by Gasteiger charge is -2.12. The van der Waals surface area contributed by atoms with E-state index in [1.54, 1.807) is 13.0 Å². The van der Waals surface area contributed by atoms with Crippen molar-refractivity contribution in [3.05, 3.63) is 84.9 Å². The van der Waals surface area contributed by atoms with Crippen LogP contribution in [0.2, 0.25) is 0 Å². The van der Waals surface area contributed by atoms with Crippen molar-refractivity contribution in [3.8, 4) is 39.4 Å². The van der Waals surface area contributed by atoms with Crippen LogP contribution in [0.5, 0.6) is 5.75 Å². The van der Waals surface area contributed by atoms with Gasteiger partial charge < -0.3 is 10.2 Å². The first-order valence-corrected chi connectivity index (χ1v) is 9.43. The molecular formula is C24H21N3O2. The van der Waals surface area contributed by atoms with Crippen LogP contribution in [0.1, 0.15) is 12.5 Å². The molecule has 3 aromatic carbocycles. The Morgan fingerprint density at radius 1 is 0.793 bits per heavy atom. The van der Waals surface area contributed by atoms with Gasteiger partial charge >= 0.3 is 0 Å². The number of aromatic hydroxyl groups is 1. The summed E-state index contributed by atoms with van der Waals surface area (Å²) in [7, 11) is 0. The number of hydrogen-bond acceptors (Lipinski definition) is 5. The molecule has 1 heterocycles. The van der Waals surface area contributed by atoms with Crippen molar-refractivity contribution in [3.63, 3.8) is 0 Å². The number of aromatic nitrogens is 3. The Kier molecular flexibility index (Phi) is 5.31. The molecule has 0 fully saturated rings. The minimum Gasteiger partial charge on any atom is -0.507 e. The van der Waals surface area contributed by atoms with E-state index < -0.39 is 6.10 Å². The van der Waals surface area contributed by atoms with Gasteiger partial charge in [0.2, 0.25) is 0 Å². The molecule has 1 unspecified atom stereocenters. The molecule has 2 N–H and O–H groups in total. The lowest BCUT2D eigenvalue weighted by atomic mass is 9.94. The van der Waals surface area contributed by atoms with E-state index in [2.05, 4.69) is 15.0 Å². The third-order valence-corrected chi connectivity index (χ3v) is 4.70. The van der Waals surface area contributed by atoms with E-state index >= 15 is 0 Å². The predicted molar refractivity (Wildman–Crippen MR) is 113 cm³/mol. The van der Waals surface area contributed by atoms with Crippen molar-refractivity contribution in [1.82, 2.24) is 15.0 Å². The average molecular weight is 383 g/mol. The summed E-state index contributed by atoms with van der Waals surface area (Å²) in [6.07, 6.45) is 2.98. The number of aliphatic hydroxyl groups is 1. The highest BCUT2D eigenvalue weighted by molar-refractivity contribution is 5.81. The standard InChI is InChI=1S/C24H21N3O2/c1-16(28)9-17-7-8-22(23(29)10-17)20-11-19(18-5-3-2-4-6-18)12-21(13-20)24-26-14-25-15-27-24/h2-8,10-16,28-29H,9H2,1H3. The van der Waals surface area contributed by atoms with Crippen molar-refractivity contribution in [1.29, 1.82) is 0 Å². The van der Waals surface area contributed by atoms with Crippen molar-refractivity contribution in [2.24, 2.45) is 0 Å². The monoisotopic (exact) mass is 383 g/mol. The van der Waals surface area contributed by atoms with E-state index in [9.17, 15) is 10.2 Å². The summed E-state index contributed by atoms with van der Waals surface area (Å²) in [6.45, 7) is 1.73. The van der Waals surface area contributed by atoms with Gasteiger partial charge in [-0.05, 0) is 59.9 Å². The van der Waals surface area contributed by atoms with Gasteiger partial charge in [-0.25, -0.2) is 15.0 Å². The van der Waals surface area contributed by atoms with E-state index in [0.717, 1.165) is 27.8 Å². The smallest absolute Gasteiger partial charge is 0.162 e. The fraction of sp³-hybridized carbons (Fsp3) is 0.125. The zero-order valence-corrected chi connectivity index (χ0v) is 16.0. The third-order valence-electron chi connectivity index (χ3n) is 4.70. The second-order valence-electron chi connectivity index (χ2n) is 7.03. The first kappa shape index (κ1) is 18.8. The Hall–Kier alpha value is -3.57. The summed E-state index contributed by atoms with van der Waals surface area (Å²) in [4.78, 5) is 12.4. The summed E-state index contributed by atoms with van der Waals surface area (Å²) in [5, 5.41) is 20.3. The number of hydrogen-bond donors (Lipinski definition) is 2. The highest BCUT2D eigenvalue weighted by Crippen LogP contribution is 2.36. The maximum absolute atomic E-state index is 10.7. The van der Waals surface area contributed by atoms with E-state index in [1.165, 1.54) is 12.7 Å². The van der Waals surface area contributed by atoms with Crippen molar-refractivity contribution < 1.29 is 10.2 Å². The van der Waals surface area contributed by atoms with Crippen molar-refractivity contribution in [2.75, 3.05) is 0 Å². The number of phenolic OH excluding ortho intramolecular Hbond substituents is 1. The maximum atomic E-state index is 10.7. The quantitative estimate of drug-likeness (QED) is 0.530. The molecule has 0 aliphatic heterocycles. The molecule has 5 heteroatoms. The van der Waals surface area contributed by atoms with Gasteiger partial charge in [-0.2, -0.15) is 0 Å². The minimum atomic E-state index is -0.461. The first-order valence-electron chi connectivity index (χ1n) is 9.43. The van der Waals surface area contributed by atoms with Crippen LogP contribution < -0.4 is 0 Å². The zero-order valence-electron chi connectivity index (χ0n) is 16.0. The SMILES string of the molecule is CC(O)Cc1ccc(-c2cc(-c3ccccc3)cc(-c3ncncn3)c2)c(O)c1. The molecule has 4 aromatic rings. The molecule has 0 bridgehead atoms. The molecule has 0 amide bonds. The normalized spacial score (nSPS) is 11.9. The average Bonchev–Trinajstić information content (AvgIpc) is 2.74. The Bertz CT molecular complexity index is 1060. The van der Waals surface area contributed by atoms with Gasteiger partial charge in [0.05, 0.1) is 6.10 Å². The van der Waals surface area contributed by atoms with Crippen molar-refractivity contribution >= 4 is 0 Å². The molecule has 4 rings (SSSR count). The molecule has 0 saturated heterocycles. The van der Waals surface area contributed by atoms with Gasteiger partial charge in [0.15, 0.2) is 5.82 Å². The summed E-state index contributed by atoms with van der Waals surface area (Å²) in [5.41, 5.74) is 5.38. The lowest BCUT2D eigenvalue weighted by molar-refractivity contribution is 0.195. The van der Waals surface area contributed by atoms with Crippen LogP contribution in [0.3, 0.4) is 0 Å². The van der Waals surface area contributed by atoms with Crippen LogP contribution in [-0.4, -0.2) is 31.3 Å². The minimum absolute atomic E-state index is 0.176. The highest BCUT2D eigenvalue weighted by atomic mass is 16.3. The molecule has 0 saturated carbocycles. The second-order valence-corrected chi connectivity index (χ2v) is 7.03. The molecule has 1 aromatic heterocycles. The van der Waals surface area contributed by atoms with Crippen LogP contribution in [0, 0.1) is 0 Å². The number of aliphatic hydroxyl groups excluding tert-OH is 1. The summed E-state index contributed by atoms with van der Waals surface area (Å²) >= 11 is 0. The van der Waals surface area contributed by atoms with E-state index in [1.807, 2.05) is 60.7 Å². The number of rotatable bonds is 5. The van der Waals surface area contributed by atoms with Gasteiger partial charge in [-0.15, -0.1) is 0 Å². The number of phenols is 1. The molecule has 0 spiro atoms. The van der Waals surface area contributed by atoms with E-state index in [-0.39, 0.29) is 5.75 Å². The molecule has 0 radical (unpaired) electrons. The van der Waals surface area contributed by atoms with Crippen LogP contribution in [0.15, 0.2) is 79.4 Å². The highest BCUT2D eigenvalue weighted by Gasteiger charge is 2.12. The van der Waals surface area contributed by atoms with Gasteiger partial charge in [-0.3, -0.25) is 0 Å². The van der Waals surface area contributed by atoms with Gasteiger partial charge in [0, 0.05) is 11.1 Å². The Morgan fingerprint density at radius 3 is 2.17 bits per heavy atom. The van der Waals surface area contributed by atoms with Crippen LogP contribution >= 0.6 is 0 Å². The number of nitrogens with zero attached hydrogens (tertiary/aromatic N) is 3. The Labute approximate surface area is 169 Å². The fourth-order valence-electron chi connectivity index (χ4n) is 3.39. The molecule has 5 nitrogen and oxygen atoms in total.